The molecular formula is C22H27IN2O3S. The lowest BCUT2D eigenvalue weighted by molar-refractivity contribution is 0.0943. The van der Waals surface area contributed by atoms with E-state index in [2.05, 4.69) is 27.9 Å². The lowest BCUT2D eigenvalue weighted by Gasteiger charge is -2.23. The predicted octanol–water partition coefficient (Wildman–Crippen LogP) is 4.57. The number of anilines is 1. The summed E-state index contributed by atoms with van der Waals surface area (Å²) in [5.74, 6) is 0.518. The van der Waals surface area contributed by atoms with Crippen LogP contribution in [-0.4, -0.2) is 27.1 Å². The van der Waals surface area contributed by atoms with Gasteiger partial charge in [0.05, 0.1) is 18.5 Å². The van der Waals surface area contributed by atoms with Crippen molar-refractivity contribution in [3.63, 3.8) is 0 Å². The van der Waals surface area contributed by atoms with Gasteiger partial charge in [-0.1, -0.05) is 31.4 Å². The molecule has 1 N–H and O–H groups in total. The number of carbonyl (C=O) groups is 1. The zero-order valence-electron chi connectivity index (χ0n) is 16.6. The molecule has 1 fully saturated rings. The third kappa shape index (κ3) is 6.44. The molecule has 0 radical (unpaired) electrons. The Morgan fingerprint density at radius 1 is 1.03 bits per heavy atom. The highest BCUT2D eigenvalue weighted by Crippen LogP contribution is 2.23. The van der Waals surface area contributed by atoms with E-state index in [9.17, 15) is 13.2 Å². The number of halogens is 1. The van der Waals surface area contributed by atoms with Crippen molar-refractivity contribution in [3.8, 4) is 0 Å². The molecule has 3 rings (SSSR count). The predicted molar refractivity (Wildman–Crippen MR) is 126 cm³/mol. The summed E-state index contributed by atoms with van der Waals surface area (Å²) in [5.41, 5.74) is 2.06. The second-order valence-corrected chi connectivity index (χ2v) is 10.8. The lowest BCUT2D eigenvalue weighted by atomic mass is 9.89. The summed E-state index contributed by atoms with van der Waals surface area (Å²) in [5, 5.41) is 3.04. The van der Waals surface area contributed by atoms with Crippen LogP contribution < -0.4 is 9.62 Å². The van der Waals surface area contributed by atoms with Crippen LogP contribution >= 0.6 is 22.6 Å². The van der Waals surface area contributed by atoms with Crippen molar-refractivity contribution in [1.29, 1.82) is 0 Å². The first-order valence-corrected chi connectivity index (χ1v) is 12.9. The van der Waals surface area contributed by atoms with Crippen LogP contribution in [0, 0.1) is 9.49 Å². The molecule has 0 heterocycles. The number of hydrogen-bond acceptors (Lipinski definition) is 3. The smallest absolute Gasteiger partial charge is 0.251 e. The summed E-state index contributed by atoms with van der Waals surface area (Å²) in [6, 6.07) is 14.5. The van der Waals surface area contributed by atoms with E-state index in [0.717, 1.165) is 15.7 Å². The van der Waals surface area contributed by atoms with Gasteiger partial charge in [-0.15, -0.1) is 0 Å². The average molecular weight is 526 g/mol. The van der Waals surface area contributed by atoms with Crippen molar-refractivity contribution >= 4 is 44.2 Å². The van der Waals surface area contributed by atoms with Crippen LogP contribution in [-0.2, 0) is 16.6 Å². The van der Waals surface area contributed by atoms with Gasteiger partial charge in [0.1, 0.15) is 0 Å². The molecule has 156 valence electrons. The zero-order chi connectivity index (χ0) is 20.9. The molecule has 7 heteroatoms. The van der Waals surface area contributed by atoms with Gasteiger partial charge in [0.15, 0.2) is 0 Å². The Kier molecular flexibility index (Phi) is 7.56. The minimum Gasteiger partial charge on any atom is -0.352 e. The third-order valence-corrected chi connectivity index (χ3v) is 7.19. The molecule has 2 aromatic rings. The molecule has 1 amide bonds. The van der Waals surface area contributed by atoms with Crippen LogP contribution in [0.2, 0.25) is 0 Å². The van der Waals surface area contributed by atoms with E-state index in [1.54, 1.807) is 24.3 Å². The summed E-state index contributed by atoms with van der Waals surface area (Å²) in [6.07, 6.45) is 7.41. The first-order chi connectivity index (χ1) is 13.8. The van der Waals surface area contributed by atoms with E-state index in [4.69, 9.17) is 0 Å². The molecule has 0 aliphatic heterocycles. The topological polar surface area (TPSA) is 66.5 Å². The van der Waals surface area contributed by atoms with Crippen LogP contribution in [0.15, 0.2) is 48.5 Å². The van der Waals surface area contributed by atoms with E-state index in [0.29, 0.717) is 17.2 Å². The number of rotatable bonds is 7. The first kappa shape index (κ1) is 22.1. The van der Waals surface area contributed by atoms with Crippen molar-refractivity contribution in [2.45, 2.75) is 38.6 Å². The highest BCUT2D eigenvalue weighted by Gasteiger charge is 2.18. The molecule has 1 aliphatic carbocycles. The highest BCUT2D eigenvalue weighted by atomic mass is 127. The minimum atomic E-state index is -3.42. The summed E-state index contributed by atoms with van der Waals surface area (Å²) in [4.78, 5) is 12.4. The molecule has 5 nitrogen and oxygen atoms in total. The van der Waals surface area contributed by atoms with Gasteiger partial charge in [0.2, 0.25) is 10.0 Å². The zero-order valence-corrected chi connectivity index (χ0v) is 19.6. The Hall–Kier alpha value is -1.61. The van der Waals surface area contributed by atoms with Gasteiger partial charge in [-0.3, -0.25) is 9.10 Å². The van der Waals surface area contributed by atoms with Crippen LogP contribution in [0.3, 0.4) is 0 Å². The maximum Gasteiger partial charge on any atom is 0.251 e. The Morgan fingerprint density at radius 2 is 1.66 bits per heavy atom. The van der Waals surface area contributed by atoms with Gasteiger partial charge in [-0.05, 0) is 83.3 Å². The molecule has 1 aliphatic rings. The number of nitrogens with one attached hydrogen (secondary N) is 1. The maximum absolute atomic E-state index is 12.4. The Balaban J connectivity index is 1.64. The first-order valence-electron chi connectivity index (χ1n) is 9.93. The number of benzene rings is 2. The summed E-state index contributed by atoms with van der Waals surface area (Å²) >= 11 is 2.19. The Bertz CT molecular complexity index is 922. The molecule has 0 bridgehead atoms. The van der Waals surface area contributed by atoms with Crippen molar-refractivity contribution in [3.05, 3.63) is 63.2 Å². The van der Waals surface area contributed by atoms with Crippen molar-refractivity contribution in [2.24, 2.45) is 5.92 Å². The molecule has 29 heavy (non-hydrogen) atoms. The molecule has 0 atom stereocenters. The highest BCUT2D eigenvalue weighted by molar-refractivity contribution is 14.1. The van der Waals surface area contributed by atoms with E-state index in [1.165, 1.54) is 42.7 Å². The number of carbonyl (C=O) groups excluding carboxylic acids is 1. The van der Waals surface area contributed by atoms with E-state index < -0.39 is 10.0 Å². The minimum absolute atomic E-state index is 0.0697. The quantitative estimate of drug-likeness (QED) is 0.538. The maximum atomic E-state index is 12.4. The SMILES string of the molecule is CS(=O)(=O)N(Cc1ccc(C(=O)NCC2CCCCC2)cc1)c1ccc(I)cc1. The fourth-order valence-electron chi connectivity index (χ4n) is 3.67. The average Bonchev–Trinajstić information content (AvgIpc) is 2.71. The molecule has 1 saturated carbocycles. The largest absolute Gasteiger partial charge is 0.352 e. The van der Waals surface area contributed by atoms with E-state index in [1.807, 2.05) is 24.3 Å². The second kappa shape index (κ2) is 9.93. The van der Waals surface area contributed by atoms with Gasteiger partial charge in [0.25, 0.3) is 5.91 Å². The summed E-state index contributed by atoms with van der Waals surface area (Å²) in [6.45, 7) is 0.957. The molecule has 0 unspecified atom stereocenters. The standard InChI is InChI=1S/C22H27IN2O3S/c1-29(27,28)25(21-13-11-20(23)12-14-21)16-18-7-9-19(10-8-18)22(26)24-15-17-5-3-2-4-6-17/h7-14,17H,2-6,15-16H2,1H3,(H,24,26). The van der Waals surface area contributed by atoms with Gasteiger partial charge in [-0.25, -0.2) is 8.42 Å². The van der Waals surface area contributed by atoms with Gasteiger partial charge >= 0.3 is 0 Å². The van der Waals surface area contributed by atoms with Crippen molar-refractivity contribution in [2.75, 3.05) is 17.1 Å². The van der Waals surface area contributed by atoms with Crippen LogP contribution in [0.25, 0.3) is 0 Å². The Labute approximate surface area is 187 Å². The number of sulfonamides is 1. The Morgan fingerprint density at radius 3 is 2.24 bits per heavy atom. The van der Waals surface area contributed by atoms with E-state index >= 15 is 0 Å². The summed E-state index contributed by atoms with van der Waals surface area (Å²) in [7, 11) is -3.42. The number of amides is 1. The normalized spacial score (nSPS) is 15.1. The fourth-order valence-corrected chi connectivity index (χ4v) is 4.91. The van der Waals surface area contributed by atoms with E-state index in [-0.39, 0.29) is 12.5 Å². The van der Waals surface area contributed by atoms with Crippen molar-refractivity contribution < 1.29 is 13.2 Å². The van der Waals surface area contributed by atoms with Crippen LogP contribution in [0.1, 0.15) is 48.0 Å². The molecule has 0 spiro atoms. The van der Waals surface area contributed by atoms with Crippen LogP contribution in [0.5, 0.6) is 0 Å². The van der Waals surface area contributed by atoms with Crippen molar-refractivity contribution in [1.82, 2.24) is 5.32 Å². The monoisotopic (exact) mass is 526 g/mol. The fraction of sp³-hybridized carbons (Fsp3) is 0.409. The molecule has 0 aromatic heterocycles. The van der Waals surface area contributed by atoms with Gasteiger partial charge < -0.3 is 5.32 Å². The van der Waals surface area contributed by atoms with Crippen LogP contribution in [0.4, 0.5) is 5.69 Å². The second-order valence-electron chi connectivity index (χ2n) is 7.66. The number of hydrogen-bond donors (Lipinski definition) is 1. The molecule has 0 saturated heterocycles. The lowest BCUT2D eigenvalue weighted by Crippen LogP contribution is -2.30. The van der Waals surface area contributed by atoms with Gasteiger partial charge in [-0.2, -0.15) is 0 Å². The molecular weight excluding hydrogens is 499 g/mol. The molecule has 2 aromatic carbocycles. The van der Waals surface area contributed by atoms with Gasteiger partial charge in [0, 0.05) is 15.7 Å². The number of nitrogens with zero attached hydrogens (tertiary/aromatic N) is 1. The summed E-state index contributed by atoms with van der Waals surface area (Å²) < 4.78 is 27.0. The third-order valence-electron chi connectivity index (χ3n) is 5.33.